The van der Waals surface area contributed by atoms with E-state index in [4.69, 9.17) is 9.47 Å². The van der Waals surface area contributed by atoms with E-state index in [0.717, 1.165) is 29.7 Å². The van der Waals surface area contributed by atoms with Crippen LogP contribution < -0.4 is 14.3 Å². The van der Waals surface area contributed by atoms with Gasteiger partial charge in [-0.1, -0.05) is 36.4 Å². The van der Waals surface area contributed by atoms with Gasteiger partial charge in [-0.2, -0.15) is 18.4 Å². The summed E-state index contributed by atoms with van der Waals surface area (Å²) in [5.41, 5.74) is 2.85. The molecule has 0 saturated heterocycles. The normalized spacial score (nSPS) is 11.4. The van der Waals surface area contributed by atoms with Crippen LogP contribution in [0.4, 0.5) is 0 Å². The molecule has 3 rings (SSSR count). The van der Waals surface area contributed by atoms with Gasteiger partial charge in [-0.3, -0.25) is 0 Å². The molecule has 0 bridgehead atoms. The molecule has 0 saturated carbocycles. The quantitative estimate of drug-likeness (QED) is 0.290. The summed E-state index contributed by atoms with van der Waals surface area (Å²) in [6.07, 6.45) is 3.34. The van der Waals surface area contributed by atoms with Gasteiger partial charge in [0.25, 0.3) is 10.0 Å². The Morgan fingerprint density at radius 2 is 1.74 bits per heavy atom. The molecule has 31 heavy (non-hydrogen) atoms. The molecule has 6 nitrogen and oxygen atoms in total. The van der Waals surface area contributed by atoms with Gasteiger partial charge in [-0.15, -0.1) is 0 Å². The number of benzene rings is 3. The number of methoxy groups -OCH3 is 1. The van der Waals surface area contributed by atoms with Crippen LogP contribution in [0.25, 0.3) is 0 Å². The van der Waals surface area contributed by atoms with Crippen molar-refractivity contribution in [3.63, 3.8) is 0 Å². The fourth-order valence-electron chi connectivity index (χ4n) is 2.97. The molecule has 1 N–H and O–H groups in total. The van der Waals surface area contributed by atoms with Gasteiger partial charge in [0.15, 0.2) is 0 Å². The topological polar surface area (TPSA) is 77.0 Å². The Morgan fingerprint density at radius 1 is 1.00 bits per heavy atom. The third-order valence-electron chi connectivity index (χ3n) is 4.60. The first-order valence-corrected chi connectivity index (χ1v) is 11.4. The zero-order valence-electron chi connectivity index (χ0n) is 17.6. The van der Waals surface area contributed by atoms with Crippen LogP contribution in [0.3, 0.4) is 0 Å². The molecule has 0 heterocycles. The lowest BCUT2D eigenvalue weighted by atomic mass is 10.1. The van der Waals surface area contributed by atoms with Gasteiger partial charge in [0, 0.05) is 0 Å². The molecule has 0 spiro atoms. The maximum atomic E-state index is 12.5. The van der Waals surface area contributed by atoms with Crippen molar-refractivity contribution in [3.8, 4) is 11.5 Å². The van der Waals surface area contributed by atoms with Crippen molar-refractivity contribution in [2.75, 3.05) is 13.7 Å². The third kappa shape index (κ3) is 6.58. The number of hydrazone groups is 1. The molecule has 0 aliphatic heterocycles. The van der Waals surface area contributed by atoms with Gasteiger partial charge in [-0.05, 0) is 72.9 Å². The lowest BCUT2D eigenvalue weighted by Gasteiger charge is -2.09. The fraction of sp³-hybridized carbons (Fsp3) is 0.208. The van der Waals surface area contributed by atoms with E-state index in [-0.39, 0.29) is 10.6 Å². The molecule has 0 amide bonds. The highest BCUT2D eigenvalue weighted by atomic mass is 32.2. The SMILES string of the molecule is COc1ccc(C)cc1S(=O)(=O)N/N=C/c1ccc(OCCCc2ccccc2)cc1. The third-order valence-corrected chi connectivity index (χ3v) is 5.84. The highest BCUT2D eigenvalue weighted by Gasteiger charge is 2.18. The molecule has 162 valence electrons. The molecule has 7 heteroatoms. The van der Waals surface area contributed by atoms with Crippen molar-refractivity contribution >= 4 is 16.2 Å². The Bertz CT molecular complexity index is 1110. The predicted octanol–water partition coefficient (Wildman–Crippen LogP) is 4.33. The Hall–Kier alpha value is -3.32. The number of aryl methyl sites for hydroxylation is 2. The number of nitrogens with zero attached hydrogens (tertiary/aromatic N) is 1. The van der Waals surface area contributed by atoms with E-state index in [1.807, 2.05) is 49.4 Å². The lowest BCUT2D eigenvalue weighted by Crippen LogP contribution is -2.19. The molecule has 0 aliphatic carbocycles. The van der Waals surface area contributed by atoms with E-state index >= 15 is 0 Å². The van der Waals surface area contributed by atoms with Crippen LogP contribution in [-0.4, -0.2) is 28.3 Å². The zero-order valence-corrected chi connectivity index (χ0v) is 18.4. The molecule has 3 aromatic rings. The van der Waals surface area contributed by atoms with Crippen molar-refractivity contribution in [1.82, 2.24) is 4.83 Å². The number of sulfonamides is 1. The van der Waals surface area contributed by atoms with Crippen LogP contribution >= 0.6 is 0 Å². The van der Waals surface area contributed by atoms with Gasteiger partial charge in [0.1, 0.15) is 16.4 Å². The Kier molecular flexibility index (Phi) is 7.67. The van der Waals surface area contributed by atoms with Gasteiger partial charge >= 0.3 is 0 Å². The van der Waals surface area contributed by atoms with Crippen molar-refractivity contribution < 1.29 is 17.9 Å². The van der Waals surface area contributed by atoms with Crippen LogP contribution in [0.5, 0.6) is 11.5 Å². The standard InChI is InChI=1S/C24H26N2O4S/c1-19-10-15-23(29-2)24(17-19)31(27,28)26-25-18-21-11-13-22(14-12-21)30-16-6-9-20-7-4-3-5-8-20/h3-5,7-8,10-15,17-18,26H,6,9,16H2,1-2H3/b25-18+. The van der Waals surface area contributed by atoms with Crippen molar-refractivity contribution in [3.05, 3.63) is 89.5 Å². The summed E-state index contributed by atoms with van der Waals surface area (Å²) in [6.45, 7) is 2.44. The molecule has 0 fully saturated rings. The molecular weight excluding hydrogens is 412 g/mol. The largest absolute Gasteiger partial charge is 0.495 e. The summed E-state index contributed by atoms with van der Waals surface area (Å²) in [5.74, 6) is 1.03. The number of ether oxygens (including phenoxy) is 2. The maximum Gasteiger partial charge on any atom is 0.280 e. The minimum absolute atomic E-state index is 0.0476. The molecule has 0 atom stereocenters. The molecular formula is C24H26N2O4S. The number of nitrogens with one attached hydrogen (secondary N) is 1. The van der Waals surface area contributed by atoms with Crippen molar-refractivity contribution in [2.24, 2.45) is 5.10 Å². The summed E-state index contributed by atoms with van der Waals surface area (Å²) in [5, 5.41) is 3.87. The molecule has 0 unspecified atom stereocenters. The van der Waals surface area contributed by atoms with Gasteiger partial charge < -0.3 is 9.47 Å². The Balaban J connectivity index is 1.52. The van der Waals surface area contributed by atoms with Crippen LogP contribution in [0.15, 0.2) is 82.8 Å². The van der Waals surface area contributed by atoms with E-state index in [2.05, 4.69) is 22.1 Å². The van der Waals surface area contributed by atoms with E-state index in [1.165, 1.54) is 18.9 Å². The highest BCUT2D eigenvalue weighted by Crippen LogP contribution is 2.24. The van der Waals surface area contributed by atoms with Crippen molar-refractivity contribution in [1.29, 1.82) is 0 Å². The van der Waals surface area contributed by atoms with Gasteiger partial charge in [0.05, 0.1) is 19.9 Å². The van der Waals surface area contributed by atoms with Crippen molar-refractivity contribution in [2.45, 2.75) is 24.7 Å². The second-order valence-corrected chi connectivity index (χ2v) is 8.64. The first-order chi connectivity index (χ1) is 15.0. The van der Waals surface area contributed by atoms with Crippen LogP contribution in [0.1, 0.15) is 23.1 Å². The average Bonchev–Trinajstić information content (AvgIpc) is 2.78. The predicted molar refractivity (Wildman–Crippen MR) is 122 cm³/mol. The minimum atomic E-state index is -3.84. The number of hydrogen-bond acceptors (Lipinski definition) is 5. The molecule has 3 aromatic carbocycles. The lowest BCUT2D eigenvalue weighted by molar-refractivity contribution is 0.311. The van der Waals surface area contributed by atoms with E-state index in [1.54, 1.807) is 18.2 Å². The van der Waals surface area contributed by atoms with Crippen LogP contribution in [0, 0.1) is 6.92 Å². The molecule has 0 aromatic heterocycles. The second kappa shape index (κ2) is 10.6. The maximum absolute atomic E-state index is 12.5. The first-order valence-electron chi connectivity index (χ1n) is 9.94. The smallest absolute Gasteiger partial charge is 0.280 e. The summed E-state index contributed by atoms with van der Waals surface area (Å²) >= 11 is 0. The zero-order chi connectivity index (χ0) is 22.1. The summed E-state index contributed by atoms with van der Waals surface area (Å²) in [4.78, 5) is 2.28. The van der Waals surface area contributed by atoms with Crippen LogP contribution in [-0.2, 0) is 16.4 Å². The Morgan fingerprint density at radius 3 is 2.45 bits per heavy atom. The van der Waals surface area contributed by atoms with E-state index in [0.29, 0.717) is 6.61 Å². The van der Waals surface area contributed by atoms with Gasteiger partial charge in [0.2, 0.25) is 0 Å². The molecule has 0 radical (unpaired) electrons. The second-order valence-electron chi connectivity index (χ2n) is 7.01. The number of hydrogen-bond donors (Lipinski definition) is 1. The average molecular weight is 439 g/mol. The summed E-state index contributed by atoms with van der Waals surface area (Å²) in [7, 11) is -2.41. The van der Waals surface area contributed by atoms with E-state index in [9.17, 15) is 8.42 Å². The Labute approximate surface area is 183 Å². The van der Waals surface area contributed by atoms with Gasteiger partial charge in [-0.25, -0.2) is 0 Å². The highest BCUT2D eigenvalue weighted by molar-refractivity contribution is 7.89. The summed E-state index contributed by atoms with van der Waals surface area (Å²) < 4.78 is 36.0. The monoisotopic (exact) mass is 438 g/mol. The number of rotatable bonds is 10. The first kappa shape index (κ1) is 22.4. The van der Waals surface area contributed by atoms with E-state index < -0.39 is 10.0 Å². The van der Waals surface area contributed by atoms with Crippen LogP contribution in [0.2, 0.25) is 0 Å². The summed E-state index contributed by atoms with van der Waals surface area (Å²) in [6, 6.07) is 22.5. The fourth-order valence-corrected chi connectivity index (χ4v) is 4.02. The molecule has 0 aliphatic rings. The minimum Gasteiger partial charge on any atom is -0.495 e.